The van der Waals surface area contributed by atoms with Gasteiger partial charge in [0, 0.05) is 32.0 Å². The van der Waals surface area contributed by atoms with E-state index in [1.807, 2.05) is 0 Å². The van der Waals surface area contributed by atoms with Crippen LogP contribution in [0.2, 0.25) is 0 Å². The molecule has 0 unspecified atom stereocenters. The molecule has 2 heterocycles. The van der Waals surface area contributed by atoms with E-state index >= 15 is 0 Å². The minimum absolute atomic E-state index is 0.0902. The molecule has 0 spiro atoms. The fourth-order valence-electron chi connectivity index (χ4n) is 1.58. The number of methoxy groups -OCH3 is 1. The van der Waals surface area contributed by atoms with Gasteiger partial charge in [0.25, 0.3) is 0 Å². The van der Waals surface area contributed by atoms with E-state index in [0.29, 0.717) is 5.56 Å². The van der Waals surface area contributed by atoms with Crippen molar-refractivity contribution < 1.29 is 9.94 Å². The zero-order valence-corrected chi connectivity index (χ0v) is 9.00. The van der Waals surface area contributed by atoms with Crippen molar-refractivity contribution in [2.75, 3.05) is 25.1 Å². The van der Waals surface area contributed by atoms with Crippen LogP contribution in [0.25, 0.3) is 0 Å². The summed E-state index contributed by atoms with van der Waals surface area (Å²) in [5.41, 5.74) is 6.17. The molecule has 3 N–H and O–H groups in total. The molecular weight excluding hydrogens is 208 g/mol. The molecule has 86 valence electrons. The molecule has 0 bridgehead atoms. The van der Waals surface area contributed by atoms with Gasteiger partial charge in [0.1, 0.15) is 5.82 Å². The van der Waals surface area contributed by atoms with Crippen LogP contribution in [0.5, 0.6) is 0 Å². The Morgan fingerprint density at radius 2 is 2.44 bits per heavy atom. The number of ether oxygens (including phenoxy) is 1. The lowest BCUT2D eigenvalue weighted by atomic mass is 10.1. The van der Waals surface area contributed by atoms with Crippen LogP contribution in [-0.2, 0) is 4.74 Å². The fraction of sp³-hybridized carbons (Fsp3) is 0.400. The second kappa shape index (κ2) is 4.36. The summed E-state index contributed by atoms with van der Waals surface area (Å²) in [5, 5.41) is 11.5. The molecule has 6 heteroatoms. The van der Waals surface area contributed by atoms with E-state index in [-0.39, 0.29) is 11.9 Å². The Morgan fingerprint density at radius 1 is 1.69 bits per heavy atom. The van der Waals surface area contributed by atoms with Gasteiger partial charge in [-0.3, -0.25) is 0 Å². The summed E-state index contributed by atoms with van der Waals surface area (Å²) < 4.78 is 5.18. The van der Waals surface area contributed by atoms with Gasteiger partial charge >= 0.3 is 0 Å². The Kier molecular flexibility index (Phi) is 2.91. The Balaban J connectivity index is 2.12. The fourth-order valence-corrected chi connectivity index (χ4v) is 1.58. The number of anilines is 1. The summed E-state index contributed by atoms with van der Waals surface area (Å²) in [6.45, 7) is 1.65. The number of pyridine rings is 1. The average molecular weight is 222 g/mol. The lowest BCUT2D eigenvalue weighted by molar-refractivity contribution is 0.0783. The number of amidine groups is 1. The van der Waals surface area contributed by atoms with Crippen LogP contribution in [0.3, 0.4) is 0 Å². The molecular formula is C10H14N4O2. The molecule has 1 saturated heterocycles. The minimum Gasteiger partial charge on any atom is -0.409 e. The van der Waals surface area contributed by atoms with Crippen LogP contribution < -0.4 is 10.6 Å². The van der Waals surface area contributed by atoms with E-state index in [1.165, 1.54) is 0 Å². The van der Waals surface area contributed by atoms with Gasteiger partial charge in [-0.05, 0) is 12.1 Å². The van der Waals surface area contributed by atoms with Gasteiger partial charge in [0.2, 0.25) is 0 Å². The van der Waals surface area contributed by atoms with E-state index in [0.717, 1.165) is 18.9 Å². The standard InChI is InChI=1S/C10H14N4O2/c1-16-8-5-14(6-8)9-4-7(2-3-12-9)10(11)13-15/h2-4,8,15H,5-6H2,1H3,(H2,11,13). The van der Waals surface area contributed by atoms with Crippen molar-refractivity contribution in [3.63, 3.8) is 0 Å². The van der Waals surface area contributed by atoms with Crippen LogP contribution in [0.15, 0.2) is 23.5 Å². The monoisotopic (exact) mass is 222 g/mol. The third-order valence-corrected chi connectivity index (χ3v) is 2.65. The lowest BCUT2D eigenvalue weighted by Crippen LogP contribution is -2.52. The van der Waals surface area contributed by atoms with Gasteiger partial charge in [-0.2, -0.15) is 0 Å². The molecule has 0 saturated carbocycles. The molecule has 1 aromatic rings. The highest BCUT2D eigenvalue weighted by molar-refractivity contribution is 5.97. The zero-order chi connectivity index (χ0) is 11.5. The quantitative estimate of drug-likeness (QED) is 0.326. The highest BCUT2D eigenvalue weighted by Crippen LogP contribution is 2.20. The number of hydrogen-bond donors (Lipinski definition) is 2. The largest absolute Gasteiger partial charge is 0.409 e. The first-order valence-corrected chi connectivity index (χ1v) is 4.96. The van der Waals surface area contributed by atoms with Gasteiger partial charge in [-0.15, -0.1) is 0 Å². The summed E-state index contributed by atoms with van der Waals surface area (Å²) in [4.78, 5) is 6.30. The number of nitrogens with zero attached hydrogens (tertiary/aromatic N) is 3. The lowest BCUT2D eigenvalue weighted by Gasteiger charge is -2.39. The maximum absolute atomic E-state index is 8.58. The summed E-state index contributed by atoms with van der Waals surface area (Å²) in [6, 6.07) is 3.49. The maximum Gasteiger partial charge on any atom is 0.170 e. The normalized spacial score (nSPS) is 17.3. The highest BCUT2D eigenvalue weighted by atomic mass is 16.5. The summed E-state index contributed by atoms with van der Waals surface area (Å²) in [7, 11) is 1.70. The molecule has 1 fully saturated rings. The van der Waals surface area contributed by atoms with Crippen LogP contribution in [0, 0.1) is 0 Å². The topological polar surface area (TPSA) is 84.0 Å². The van der Waals surface area contributed by atoms with Crippen LogP contribution in [-0.4, -0.2) is 42.3 Å². The summed E-state index contributed by atoms with van der Waals surface area (Å²) in [5.74, 6) is 0.907. The maximum atomic E-state index is 8.58. The van der Waals surface area contributed by atoms with Crippen LogP contribution in [0.4, 0.5) is 5.82 Å². The zero-order valence-electron chi connectivity index (χ0n) is 9.00. The first-order chi connectivity index (χ1) is 7.74. The molecule has 1 aromatic heterocycles. The number of nitrogens with two attached hydrogens (primary N) is 1. The molecule has 0 atom stereocenters. The Bertz CT molecular complexity index is 402. The smallest absolute Gasteiger partial charge is 0.170 e. The number of rotatable bonds is 3. The van der Waals surface area contributed by atoms with E-state index in [9.17, 15) is 0 Å². The van der Waals surface area contributed by atoms with E-state index in [2.05, 4.69) is 15.0 Å². The molecule has 0 aliphatic carbocycles. The van der Waals surface area contributed by atoms with E-state index < -0.39 is 0 Å². The van der Waals surface area contributed by atoms with Crippen LogP contribution in [0.1, 0.15) is 5.56 Å². The van der Waals surface area contributed by atoms with Gasteiger partial charge in [0.05, 0.1) is 6.10 Å². The van der Waals surface area contributed by atoms with E-state index in [4.69, 9.17) is 15.7 Å². The minimum atomic E-state index is 0.0902. The van der Waals surface area contributed by atoms with Crippen molar-refractivity contribution in [1.29, 1.82) is 0 Å². The molecule has 6 nitrogen and oxygen atoms in total. The summed E-state index contributed by atoms with van der Waals surface area (Å²) in [6.07, 6.45) is 1.91. The predicted octanol–water partition coefficient (Wildman–Crippen LogP) is 0.0111. The molecule has 0 aromatic carbocycles. The second-order valence-electron chi connectivity index (χ2n) is 3.65. The molecule has 16 heavy (non-hydrogen) atoms. The third kappa shape index (κ3) is 1.92. The van der Waals surface area contributed by atoms with Crippen LogP contribution >= 0.6 is 0 Å². The highest BCUT2D eigenvalue weighted by Gasteiger charge is 2.27. The summed E-state index contributed by atoms with van der Waals surface area (Å²) >= 11 is 0. The van der Waals surface area contributed by atoms with Crippen molar-refractivity contribution >= 4 is 11.7 Å². The predicted molar refractivity (Wildman–Crippen MR) is 59.8 cm³/mol. The Hall–Kier alpha value is -1.82. The van der Waals surface area contributed by atoms with Gasteiger partial charge in [0.15, 0.2) is 5.84 Å². The molecule has 0 radical (unpaired) electrons. The second-order valence-corrected chi connectivity index (χ2v) is 3.65. The number of oxime groups is 1. The third-order valence-electron chi connectivity index (χ3n) is 2.65. The molecule has 1 aliphatic heterocycles. The van der Waals surface area contributed by atoms with Crippen molar-refractivity contribution in [2.45, 2.75) is 6.10 Å². The first-order valence-electron chi connectivity index (χ1n) is 4.96. The van der Waals surface area contributed by atoms with Crippen molar-refractivity contribution in [3.8, 4) is 0 Å². The van der Waals surface area contributed by atoms with Gasteiger partial charge in [-0.25, -0.2) is 4.98 Å². The van der Waals surface area contributed by atoms with Gasteiger partial charge in [-0.1, -0.05) is 5.16 Å². The number of hydrogen-bond acceptors (Lipinski definition) is 5. The van der Waals surface area contributed by atoms with Crippen molar-refractivity contribution in [2.24, 2.45) is 10.9 Å². The average Bonchev–Trinajstić information content (AvgIpc) is 2.27. The molecule has 2 rings (SSSR count). The Morgan fingerprint density at radius 3 is 3.06 bits per heavy atom. The molecule has 1 aliphatic rings. The van der Waals surface area contributed by atoms with Crippen molar-refractivity contribution in [3.05, 3.63) is 23.9 Å². The SMILES string of the molecule is COC1CN(c2cc(/C(N)=N/O)ccn2)C1. The molecule has 0 amide bonds. The Labute approximate surface area is 93.3 Å². The van der Waals surface area contributed by atoms with E-state index in [1.54, 1.807) is 25.4 Å². The van der Waals surface area contributed by atoms with Crippen molar-refractivity contribution in [1.82, 2.24) is 4.98 Å². The number of aromatic nitrogens is 1. The van der Waals surface area contributed by atoms with Gasteiger partial charge < -0.3 is 20.6 Å². The first kappa shape index (κ1) is 10.7.